The number of hydrogen-bond acceptors (Lipinski definition) is 7. The maximum absolute atomic E-state index is 12.5. The standard InChI is InChI=1S/C17H18N8O/c26-15(13-25-21-16(20-22-25)14-5-2-1-3-6-14)23-9-11-24(12-10-23)17-18-7-4-8-19-17/h1-8H,9-13H2. The number of nitrogens with zero attached hydrogens (tertiary/aromatic N) is 8. The molecule has 26 heavy (non-hydrogen) atoms. The van der Waals surface area contributed by atoms with E-state index in [4.69, 9.17) is 0 Å². The second-order valence-electron chi connectivity index (χ2n) is 5.93. The fourth-order valence-electron chi connectivity index (χ4n) is 2.84. The van der Waals surface area contributed by atoms with E-state index in [1.807, 2.05) is 35.2 Å². The molecule has 0 radical (unpaired) electrons. The van der Waals surface area contributed by atoms with Gasteiger partial charge in [-0.05, 0) is 11.3 Å². The van der Waals surface area contributed by atoms with E-state index in [2.05, 4.69) is 30.3 Å². The molecule has 3 heterocycles. The molecular weight excluding hydrogens is 332 g/mol. The predicted molar refractivity (Wildman–Crippen MR) is 94.1 cm³/mol. The summed E-state index contributed by atoms with van der Waals surface area (Å²) in [4.78, 5) is 26.2. The molecule has 1 amide bonds. The van der Waals surface area contributed by atoms with Crippen LogP contribution in [-0.2, 0) is 11.3 Å². The highest BCUT2D eigenvalue weighted by Crippen LogP contribution is 2.12. The van der Waals surface area contributed by atoms with Gasteiger partial charge >= 0.3 is 0 Å². The van der Waals surface area contributed by atoms with Crippen molar-refractivity contribution in [2.24, 2.45) is 0 Å². The zero-order valence-electron chi connectivity index (χ0n) is 14.1. The van der Waals surface area contributed by atoms with Crippen molar-refractivity contribution in [3.63, 3.8) is 0 Å². The van der Waals surface area contributed by atoms with E-state index in [9.17, 15) is 4.79 Å². The van der Waals surface area contributed by atoms with Crippen LogP contribution >= 0.6 is 0 Å². The molecule has 4 rings (SSSR count). The monoisotopic (exact) mass is 350 g/mol. The predicted octanol–water partition coefficient (Wildman–Crippen LogP) is 0.479. The van der Waals surface area contributed by atoms with Crippen LogP contribution in [0.1, 0.15) is 0 Å². The number of amides is 1. The van der Waals surface area contributed by atoms with Crippen LogP contribution in [0.5, 0.6) is 0 Å². The van der Waals surface area contributed by atoms with Gasteiger partial charge in [0.2, 0.25) is 17.7 Å². The first-order valence-electron chi connectivity index (χ1n) is 8.42. The van der Waals surface area contributed by atoms with Gasteiger partial charge in [0.15, 0.2) is 0 Å². The molecule has 9 heteroatoms. The number of tetrazole rings is 1. The Morgan fingerprint density at radius 1 is 0.962 bits per heavy atom. The Labute approximate surface area is 150 Å². The molecule has 1 fully saturated rings. The number of rotatable bonds is 4. The summed E-state index contributed by atoms with van der Waals surface area (Å²) in [5.74, 6) is 1.20. The fourth-order valence-corrected chi connectivity index (χ4v) is 2.84. The molecule has 0 unspecified atom stereocenters. The normalized spacial score (nSPS) is 14.5. The third-order valence-electron chi connectivity index (χ3n) is 4.23. The fraction of sp³-hybridized carbons (Fsp3) is 0.294. The third-order valence-corrected chi connectivity index (χ3v) is 4.23. The van der Waals surface area contributed by atoms with E-state index in [0.717, 1.165) is 5.56 Å². The molecule has 0 spiro atoms. The Morgan fingerprint density at radius 3 is 2.42 bits per heavy atom. The van der Waals surface area contributed by atoms with Gasteiger partial charge in [-0.15, -0.1) is 10.2 Å². The summed E-state index contributed by atoms with van der Waals surface area (Å²) in [5, 5.41) is 12.3. The van der Waals surface area contributed by atoms with Crippen molar-refractivity contribution in [2.45, 2.75) is 6.54 Å². The molecule has 1 saturated heterocycles. The largest absolute Gasteiger partial charge is 0.337 e. The molecule has 132 valence electrons. The summed E-state index contributed by atoms with van der Waals surface area (Å²) < 4.78 is 0. The number of anilines is 1. The average molecular weight is 350 g/mol. The Hall–Kier alpha value is -3.36. The zero-order valence-corrected chi connectivity index (χ0v) is 14.1. The van der Waals surface area contributed by atoms with Crippen molar-refractivity contribution in [1.29, 1.82) is 0 Å². The maximum atomic E-state index is 12.5. The van der Waals surface area contributed by atoms with E-state index >= 15 is 0 Å². The maximum Gasteiger partial charge on any atom is 0.246 e. The van der Waals surface area contributed by atoms with Gasteiger partial charge in [0.05, 0.1) is 0 Å². The molecule has 1 aliphatic rings. The second kappa shape index (κ2) is 7.26. The lowest BCUT2D eigenvalue weighted by molar-refractivity contribution is -0.132. The highest BCUT2D eigenvalue weighted by Gasteiger charge is 2.23. The molecule has 2 aromatic heterocycles. The van der Waals surface area contributed by atoms with Crippen LogP contribution < -0.4 is 4.90 Å². The molecule has 1 aliphatic heterocycles. The average Bonchev–Trinajstić information content (AvgIpc) is 3.18. The summed E-state index contributed by atoms with van der Waals surface area (Å²) >= 11 is 0. The lowest BCUT2D eigenvalue weighted by atomic mass is 10.2. The minimum atomic E-state index is -0.0179. The van der Waals surface area contributed by atoms with Gasteiger partial charge in [-0.3, -0.25) is 4.79 Å². The Morgan fingerprint density at radius 2 is 1.69 bits per heavy atom. The zero-order chi connectivity index (χ0) is 17.8. The molecular formula is C17H18N8O. The minimum absolute atomic E-state index is 0.0179. The van der Waals surface area contributed by atoms with Crippen molar-refractivity contribution in [1.82, 2.24) is 35.1 Å². The van der Waals surface area contributed by atoms with Crippen LogP contribution in [0.3, 0.4) is 0 Å². The summed E-state index contributed by atoms with van der Waals surface area (Å²) in [5.41, 5.74) is 0.877. The first-order chi connectivity index (χ1) is 12.8. The topological polar surface area (TPSA) is 92.9 Å². The first-order valence-corrected chi connectivity index (χ1v) is 8.42. The second-order valence-corrected chi connectivity index (χ2v) is 5.93. The highest BCUT2D eigenvalue weighted by molar-refractivity contribution is 5.76. The molecule has 0 aliphatic carbocycles. The third kappa shape index (κ3) is 3.51. The number of hydrogen-bond donors (Lipinski definition) is 0. The Bertz CT molecular complexity index is 859. The van der Waals surface area contributed by atoms with Gasteiger partial charge in [0.25, 0.3) is 0 Å². The van der Waals surface area contributed by atoms with Gasteiger partial charge < -0.3 is 9.80 Å². The molecule has 9 nitrogen and oxygen atoms in total. The van der Waals surface area contributed by atoms with Crippen LogP contribution in [0.25, 0.3) is 11.4 Å². The van der Waals surface area contributed by atoms with Gasteiger partial charge in [-0.25, -0.2) is 9.97 Å². The van der Waals surface area contributed by atoms with Gasteiger partial charge in [0, 0.05) is 44.1 Å². The van der Waals surface area contributed by atoms with Crippen LogP contribution in [0.2, 0.25) is 0 Å². The van der Waals surface area contributed by atoms with Crippen molar-refractivity contribution in [3.05, 3.63) is 48.8 Å². The highest BCUT2D eigenvalue weighted by atomic mass is 16.2. The van der Waals surface area contributed by atoms with Crippen molar-refractivity contribution in [3.8, 4) is 11.4 Å². The molecule has 0 saturated carbocycles. The molecule has 0 bridgehead atoms. The number of carbonyl (C=O) groups excluding carboxylic acids is 1. The van der Waals surface area contributed by atoms with Crippen molar-refractivity contribution in [2.75, 3.05) is 31.1 Å². The van der Waals surface area contributed by atoms with E-state index < -0.39 is 0 Å². The van der Waals surface area contributed by atoms with E-state index in [0.29, 0.717) is 38.0 Å². The van der Waals surface area contributed by atoms with E-state index in [1.54, 1.807) is 18.5 Å². The SMILES string of the molecule is O=C(Cn1nnc(-c2ccccc2)n1)N1CCN(c2ncccn2)CC1. The number of benzene rings is 1. The minimum Gasteiger partial charge on any atom is -0.337 e. The quantitative estimate of drug-likeness (QED) is 0.675. The van der Waals surface area contributed by atoms with Gasteiger partial charge in [0.1, 0.15) is 6.54 Å². The van der Waals surface area contributed by atoms with Gasteiger partial charge in [-0.2, -0.15) is 4.80 Å². The molecule has 3 aromatic rings. The van der Waals surface area contributed by atoms with E-state index in [-0.39, 0.29) is 12.5 Å². The van der Waals surface area contributed by atoms with E-state index in [1.165, 1.54) is 4.80 Å². The van der Waals surface area contributed by atoms with Crippen LogP contribution in [0.4, 0.5) is 5.95 Å². The lowest BCUT2D eigenvalue weighted by Gasteiger charge is -2.34. The van der Waals surface area contributed by atoms with Crippen molar-refractivity contribution >= 4 is 11.9 Å². The summed E-state index contributed by atoms with van der Waals surface area (Å²) in [6.07, 6.45) is 3.45. The van der Waals surface area contributed by atoms with Crippen LogP contribution in [0.15, 0.2) is 48.8 Å². The Balaban J connectivity index is 1.34. The smallest absolute Gasteiger partial charge is 0.246 e. The number of carbonyl (C=O) groups is 1. The summed E-state index contributed by atoms with van der Waals surface area (Å²) in [7, 11) is 0. The Kier molecular flexibility index (Phi) is 4.50. The molecule has 0 N–H and O–H groups in total. The summed E-state index contributed by atoms with van der Waals surface area (Å²) in [6, 6.07) is 11.4. The number of piperazine rings is 1. The molecule has 0 atom stereocenters. The van der Waals surface area contributed by atoms with Crippen LogP contribution in [0, 0.1) is 0 Å². The van der Waals surface area contributed by atoms with Gasteiger partial charge in [-0.1, -0.05) is 30.3 Å². The molecule has 1 aromatic carbocycles. The lowest BCUT2D eigenvalue weighted by Crippen LogP contribution is -2.50. The number of aromatic nitrogens is 6. The summed E-state index contributed by atoms with van der Waals surface area (Å²) in [6.45, 7) is 2.74. The first kappa shape index (κ1) is 16.1. The van der Waals surface area contributed by atoms with Crippen molar-refractivity contribution < 1.29 is 4.79 Å². The van der Waals surface area contributed by atoms with Crippen LogP contribution in [-0.4, -0.2) is 67.2 Å².